The number of hydrogen-bond donors (Lipinski definition) is 2. The molecule has 1 aromatic carbocycles. The fourth-order valence-corrected chi connectivity index (χ4v) is 1.86. The highest BCUT2D eigenvalue weighted by Crippen LogP contribution is 2.20. The number of furan rings is 1. The molecule has 0 aliphatic carbocycles. The third-order valence-electron chi connectivity index (χ3n) is 3.00. The molecule has 0 fully saturated rings. The summed E-state index contributed by atoms with van der Waals surface area (Å²) in [4.78, 5) is 10.6. The summed E-state index contributed by atoms with van der Waals surface area (Å²) in [6, 6.07) is 7.91. The molecule has 0 radical (unpaired) electrons. The third kappa shape index (κ3) is 2.90. The Morgan fingerprint density at radius 1 is 1.44 bits per heavy atom. The van der Waals surface area contributed by atoms with Crippen LogP contribution in [0.15, 0.2) is 34.9 Å². The highest BCUT2D eigenvalue weighted by atomic mass is 16.4. The summed E-state index contributed by atoms with van der Waals surface area (Å²) < 4.78 is 5.44. The second kappa shape index (κ2) is 5.69. The minimum absolute atomic E-state index is 0.355. The molecule has 0 bridgehead atoms. The van der Waals surface area contributed by atoms with E-state index in [9.17, 15) is 4.79 Å². The van der Waals surface area contributed by atoms with E-state index in [4.69, 9.17) is 9.52 Å². The van der Waals surface area contributed by atoms with Gasteiger partial charge in [0, 0.05) is 11.9 Å². The summed E-state index contributed by atoms with van der Waals surface area (Å²) in [5.41, 5.74) is 2.05. The molecule has 0 aliphatic heterocycles. The maximum atomic E-state index is 10.6. The molecule has 1 heterocycles. The first-order valence-electron chi connectivity index (χ1n) is 6.07. The van der Waals surface area contributed by atoms with Gasteiger partial charge in [-0.3, -0.25) is 4.79 Å². The number of rotatable bonds is 6. The van der Waals surface area contributed by atoms with Gasteiger partial charge in [-0.15, -0.1) is 0 Å². The summed E-state index contributed by atoms with van der Waals surface area (Å²) >= 11 is 0. The van der Waals surface area contributed by atoms with Crippen molar-refractivity contribution in [1.82, 2.24) is 5.32 Å². The average molecular weight is 247 g/mol. The number of aliphatic carboxylic acids is 1. The molecule has 0 saturated heterocycles. The zero-order valence-corrected chi connectivity index (χ0v) is 10.3. The van der Waals surface area contributed by atoms with E-state index in [0.29, 0.717) is 6.54 Å². The lowest BCUT2D eigenvalue weighted by Crippen LogP contribution is -2.27. The van der Waals surface area contributed by atoms with Crippen LogP contribution in [0.2, 0.25) is 0 Å². The van der Waals surface area contributed by atoms with E-state index < -0.39 is 5.97 Å². The highest BCUT2D eigenvalue weighted by Gasteiger charge is 2.10. The Hall–Kier alpha value is -1.81. The van der Waals surface area contributed by atoms with E-state index in [1.807, 2.05) is 24.3 Å². The van der Waals surface area contributed by atoms with Crippen LogP contribution in [-0.2, 0) is 11.2 Å². The predicted molar refractivity (Wildman–Crippen MR) is 69.6 cm³/mol. The lowest BCUT2D eigenvalue weighted by Gasteiger charge is -2.07. The van der Waals surface area contributed by atoms with Gasteiger partial charge in [-0.1, -0.05) is 25.1 Å². The highest BCUT2D eigenvalue weighted by molar-refractivity contribution is 5.80. The van der Waals surface area contributed by atoms with E-state index in [1.54, 1.807) is 13.2 Å². The molecule has 1 aromatic heterocycles. The summed E-state index contributed by atoms with van der Waals surface area (Å²) in [6.45, 7) is 2.94. The van der Waals surface area contributed by atoms with Gasteiger partial charge < -0.3 is 14.8 Å². The van der Waals surface area contributed by atoms with Gasteiger partial charge in [-0.05, 0) is 24.6 Å². The van der Waals surface area contributed by atoms with Crippen LogP contribution < -0.4 is 5.32 Å². The number of carboxylic acids is 1. The van der Waals surface area contributed by atoms with E-state index in [1.165, 1.54) is 0 Å². The third-order valence-corrected chi connectivity index (χ3v) is 3.00. The number of benzene rings is 1. The Kier molecular flexibility index (Phi) is 3.99. The predicted octanol–water partition coefficient (Wildman–Crippen LogP) is 2.29. The van der Waals surface area contributed by atoms with E-state index in [-0.39, 0.29) is 5.92 Å². The van der Waals surface area contributed by atoms with Crippen LogP contribution in [0.5, 0.6) is 0 Å². The number of carboxylic acid groups (broad SMARTS) is 1. The molecule has 1 unspecified atom stereocenters. The average Bonchev–Trinajstić information content (AvgIpc) is 2.77. The monoisotopic (exact) mass is 247 g/mol. The van der Waals surface area contributed by atoms with Gasteiger partial charge in [0.05, 0.1) is 12.2 Å². The van der Waals surface area contributed by atoms with Crippen LogP contribution in [-0.4, -0.2) is 24.2 Å². The molecule has 0 amide bonds. The van der Waals surface area contributed by atoms with E-state index in [2.05, 4.69) is 5.32 Å². The van der Waals surface area contributed by atoms with Crippen molar-refractivity contribution in [3.05, 3.63) is 36.1 Å². The van der Waals surface area contributed by atoms with Crippen molar-refractivity contribution < 1.29 is 14.3 Å². The summed E-state index contributed by atoms with van der Waals surface area (Å²) in [5.74, 6) is -1.12. The molecule has 2 aromatic rings. The van der Waals surface area contributed by atoms with Gasteiger partial charge in [0.1, 0.15) is 5.58 Å². The van der Waals surface area contributed by atoms with Crippen LogP contribution in [0.25, 0.3) is 11.0 Å². The first-order valence-corrected chi connectivity index (χ1v) is 6.07. The van der Waals surface area contributed by atoms with Crippen LogP contribution in [0, 0.1) is 5.92 Å². The molecule has 18 heavy (non-hydrogen) atoms. The van der Waals surface area contributed by atoms with Crippen molar-refractivity contribution >= 4 is 16.9 Å². The minimum atomic E-state index is -0.767. The van der Waals surface area contributed by atoms with Crippen LogP contribution in [0.3, 0.4) is 0 Å². The van der Waals surface area contributed by atoms with Crippen molar-refractivity contribution in [3.8, 4) is 0 Å². The Balaban J connectivity index is 1.85. The molecule has 2 rings (SSSR count). The molecule has 4 heteroatoms. The summed E-state index contributed by atoms with van der Waals surface area (Å²) in [7, 11) is 0. The van der Waals surface area contributed by atoms with Gasteiger partial charge in [-0.2, -0.15) is 0 Å². The summed E-state index contributed by atoms with van der Waals surface area (Å²) in [5, 5.41) is 13.0. The van der Waals surface area contributed by atoms with Crippen LogP contribution in [0.1, 0.15) is 12.5 Å². The molecule has 0 spiro atoms. The van der Waals surface area contributed by atoms with E-state index in [0.717, 1.165) is 29.5 Å². The smallest absolute Gasteiger partial charge is 0.307 e. The Bertz CT molecular complexity index is 533. The van der Waals surface area contributed by atoms with Gasteiger partial charge in [0.25, 0.3) is 0 Å². The normalized spacial score (nSPS) is 12.7. The van der Waals surface area contributed by atoms with Gasteiger partial charge in [0.2, 0.25) is 0 Å². The van der Waals surface area contributed by atoms with Crippen molar-refractivity contribution in [2.75, 3.05) is 13.1 Å². The number of hydrogen-bond acceptors (Lipinski definition) is 3. The molecule has 96 valence electrons. The summed E-state index contributed by atoms with van der Waals surface area (Å²) in [6.07, 6.45) is 2.61. The topological polar surface area (TPSA) is 62.5 Å². The molecular formula is C14H17NO3. The second-order valence-corrected chi connectivity index (χ2v) is 4.45. The Labute approximate surface area is 106 Å². The molecule has 4 nitrogen and oxygen atoms in total. The lowest BCUT2D eigenvalue weighted by molar-refractivity contribution is -0.140. The Morgan fingerprint density at radius 2 is 2.22 bits per heavy atom. The first-order chi connectivity index (χ1) is 8.68. The van der Waals surface area contributed by atoms with Crippen molar-refractivity contribution in [2.45, 2.75) is 13.3 Å². The Morgan fingerprint density at radius 3 is 3.00 bits per heavy atom. The zero-order valence-electron chi connectivity index (χ0n) is 10.3. The molecule has 0 saturated carbocycles. The quantitative estimate of drug-likeness (QED) is 0.769. The molecular weight excluding hydrogens is 230 g/mol. The van der Waals surface area contributed by atoms with Crippen LogP contribution >= 0.6 is 0 Å². The number of nitrogens with one attached hydrogen (secondary N) is 1. The molecule has 1 atom stereocenters. The first kappa shape index (κ1) is 12.6. The molecule has 2 N–H and O–H groups in total. The number of carbonyl (C=O) groups is 1. The van der Waals surface area contributed by atoms with Crippen LogP contribution in [0.4, 0.5) is 0 Å². The number of fused-ring (bicyclic) bond motifs is 1. The van der Waals surface area contributed by atoms with E-state index >= 15 is 0 Å². The van der Waals surface area contributed by atoms with Crippen molar-refractivity contribution in [1.29, 1.82) is 0 Å². The molecule has 0 aliphatic rings. The van der Waals surface area contributed by atoms with Crippen molar-refractivity contribution in [3.63, 3.8) is 0 Å². The number of para-hydroxylation sites is 1. The maximum Gasteiger partial charge on any atom is 0.307 e. The fourth-order valence-electron chi connectivity index (χ4n) is 1.86. The largest absolute Gasteiger partial charge is 0.481 e. The SMILES string of the molecule is CC(CNCCc1coc2ccccc12)C(=O)O. The fraction of sp³-hybridized carbons (Fsp3) is 0.357. The maximum absolute atomic E-state index is 10.6. The second-order valence-electron chi connectivity index (χ2n) is 4.45. The van der Waals surface area contributed by atoms with Gasteiger partial charge >= 0.3 is 5.97 Å². The van der Waals surface area contributed by atoms with Crippen molar-refractivity contribution in [2.24, 2.45) is 5.92 Å². The lowest BCUT2D eigenvalue weighted by atomic mass is 10.1. The van der Waals surface area contributed by atoms with Gasteiger partial charge in [-0.25, -0.2) is 0 Å². The van der Waals surface area contributed by atoms with Gasteiger partial charge in [0.15, 0.2) is 0 Å². The standard InChI is InChI=1S/C14H17NO3/c1-10(14(16)17)8-15-7-6-11-9-18-13-5-3-2-4-12(11)13/h2-5,9-10,15H,6-8H2,1H3,(H,16,17). The zero-order chi connectivity index (χ0) is 13.0. The minimum Gasteiger partial charge on any atom is -0.481 e.